The highest BCUT2D eigenvalue weighted by Gasteiger charge is 2.33. The molecule has 0 bridgehead atoms. The van der Waals surface area contributed by atoms with E-state index in [1.807, 2.05) is 6.92 Å². The molecule has 1 aliphatic rings. The maximum Gasteiger partial charge on any atom is 0.410 e. The van der Waals surface area contributed by atoms with Gasteiger partial charge in [0.15, 0.2) is 5.52 Å². The second-order valence-corrected chi connectivity index (χ2v) is 7.47. The monoisotopic (exact) mass is 369 g/mol. The number of amides is 1. The summed E-state index contributed by atoms with van der Waals surface area (Å²) >= 11 is 0. The first-order chi connectivity index (χ1) is 11.9. The Balaban J connectivity index is 1.69. The molecule has 0 saturated carbocycles. The third kappa shape index (κ3) is 3.59. The van der Waals surface area contributed by atoms with Crippen LogP contribution in [-0.4, -0.2) is 55.5 Å². The fourth-order valence-corrected chi connectivity index (χ4v) is 3.65. The van der Waals surface area contributed by atoms with Gasteiger partial charge in [-0.15, -0.1) is 0 Å². The van der Waals surface area contributed by atoms with Gasteiger partial charge in [0.2, 0.25) is 0 Å². The molecule has 1 aromatic carbocycles. The standard InChI is InChI=1S/C15H19N3O6S/c1-3-4-7-18-8-11(23-15(18)19)9-22-25(20,21)12-6-5-10(2)13-14(12)17-24-16-13/h5-6,11H,3-4,7-9H2,1-2H3. The van der Waals surface area contributed by atoms with Crippen molar-refractivity contribution >= 4 is 27.2 Å². The summed E-state index contributed by atoms with van der Waals surface area (Å²) < 4.78 is 39.8. The van der Waals surface area contributed by atoms with Crippen molar-refractivity contribution in [2.24, 2.45) is 0 Å². The van der Waals surface area contributed by atoms with Gasteiger partial charge < -0.3 is 9.64 Å². The maximum atomic E-state index is 12.5. The van der Waals surface area contributed by atoms with Crippen LogP contribution in [0.5, 0.6) is 0 Å². The van der Waals surface area contributed by atoms with E-state index in [4.69, 9.17) is 8.92 Å². The van der Waals surface area contributed by atoms with Gasteiger partial charge in [0, 0.05) is 6.54 Å². The number of hydrogen-bond acceptors (Lipinski definition) is 8. The molecule has 0 N–H and O–H groups in total. The third-order valence-electron chi connectivity index (χ3n) is 3.99. The van der Waals surface area contributed by atoms with Crippen molar-refractivity contribution in [3.05, 3.63) is 17.7 Å². The molecule has 136 valence electrons. The van der Waals surface area contributed by atoms with E-state index in [-0.39, 0.29) is 17.0 Å². The lowest BCUT2D eigenvalue weighted by molar-refractivity contribution is 0.104. The number of aryl methyl sites for hydroxylation is 1. The van der Waals surface area contributed by atoms with Gasteiger partial charge in [-0.1, -0.05) is 19.4 Å². The largest absolute Gasteiger partial charge is 0.442 e. The Morgan fingerprint density at radius 3 is 2.84 bits per heavy atom. The summed E-state index contributed by atoms with van der Waals surface area (Å²) in [6, 6.07) is 3.00. The highest BCUT2D eigenvalue weighted by molar-refractivity contribution is 7.87. The molecule has 1 saturated heterocycles. The van der Waals surface area contributed by atoms with Gasteiger partial charge in [0.05, 0.1) is 6.54 Å². The maximum absolute atomic E-state index is 12.5. The SMILES string of the molecule is CCCCN1CC(COS(=O)(=O)c2ccc(C)c3nonc23)OC1=O. The van der Waals surface area contributed by atoms with Crippen LogP contribution < -0.4 is 0 Å². The minimum absolute atomic E-state index is 0.119. The van der Waals surface area contributed by atoms with Crippen LogP contribution in [0.4, 0.5) is 4.79 Å². The van der Waals surface area contributed by atoms with E-state index in [1.165, 1.54) is 6.07 Å². The number of rotatable bonds is 7. The van der Waals surface area contributed by atoms with Gasteiger partial charge in [0.25, 0.3) is 10.1 Å². The number of fused-ring (bicyclic) bond motifs is 1. The molecule has 1 aliphatic heterocycles. The summed E-state index contributed by atoms with van der Waals surface area (Å²) in [5.74, 6) is 0. The number of carbonyl (C=O) groups excluding carboxylic acids is 1. The third-order valence-corrected chi connectivity index (χ3v) is 5.30. The summed E-state index contributed by atoms with van der Waals surface area (Å²) in [6.45, 7) is 4.44. The van der Waals surface area contributed by atoms with Crippen LogP contribution in [-0.2, 0) is 19.0 Å². The second kappa shape index (κ2) is 6.96. The Labute approximate surface area is 145 Å². The lowest BCUT2D eigenvalue weighted by Crippen LogP contribution is -2.27. The van der Waals surface area contributed by atoms with Gasteiger partial charge in [-0.05, 0) is 35.3 Å². The van der Waals surface area contributed by atoms with Crippen LogP contribution >= 0.6 is 0 Å². The smallest absolute Gasteiger partial charge is 0.410 e. The summed E-state index contributed by atoms with van der Waals surface area (Å²) in [5, 5.41) is 7.34. The predicted octanol–water partition coefficient (Wildman–Crippen LogP) is 1.86. The average molecular weight is 369 g/mol. The number of benzene rings is 1. The molecule has 25 heavy (non-hydrogen) atoms. The minimum Gasteiger partial charge on any atom is -0.442 e. The lowest BCUT2D eigenvalue weighted by atomic mass is 10.2. The van der Waals surface area contributed by atoms with Gasteiger partial charge in [-0.3, -0.25) is 4.18 Å². The predicted molar refractivity (Wildman–Crippen MR) is 86.4 cm³/mol. The summed E-state index contributed by atoms with van der Waals surface area (Å²) in [7, 11) is -4.09. The zero-order chi connectivity index (χ0) is 18.0. The normalized spacial score (nSPS) is 18.1. The van der Waals surface area contributed by atoms with E-state index in [0.717, 1.165) is 18.4 Å². The highest BCUT2D eigenvalue weighted by atomic mass is 32.2. The zero-order valence-corrected chi connectivity index (χ0v) is 14.8. The Morgan fingerprint density at radius 1 is 1.32 bits per heavy atom. The molecule has 3 rings (SSSR count). The van der Waals surface area contributed by atoms with Crippen molar-refractivity contribution in [2.45, 2.75) is 37.7 Å². The van der Waals surface area contributed by atoms with Crippen molar-refractivity contribution in [1.82, 2.24) is 15.2 Å². The van der Waals surface area contributed by atoms with E-state index in [9.17, 15) is 13.2 Å². The molecule has 2 aromatic rings. The molecule has 0 spiro atoms. The van der Waals surface area contributed by atoms with E-state index >= 15 is 0 Å². The molecule has 1 fully saturated rings. The molecule has 0 aliphatic carbocycles. The number of cyclic esters (lactones) is 1. The summed E-state index contributed by atoms with van der Waals surface area (Å²) in [4.78, 5) is 13.2. The Morgan fingerprint density at radius 2 is 2.08 bits per heavy atom. The van der Waals surface area contributed by atoms with Crippen LogP contribution in [0.3, 0.4) is 0 Å². The summed E-state index contributed by atoms with van der Waals surface area (Å²) in [6.07, 6.45) is 0.740. The average Bonchev–Trinajstić information content (AvgIpc) is 3.18. The first-order valence-corrected chi connectivity index (χ1v) is 9.40. The lowest BCUT2D eigenvalue weighted by Gasteiger charge is -2.12. The molecule has 2 heterocycles. The van der Waals surface area contributed by atoms with Crippen molar-refractivity contribution < 1.29 is 26.8 Å². The van der Waals surface area contributed by atoms with E-state index in [0.29, 0.717) is 18.6 Å². The van der Waals surface area contributed by atoms with Crippen LogP contribution in [0, 0.1) is 6.92 Å². The van der Waals surface area contributed by atoms with Crippen molar-refractivity contribution in [3.8, 4) is 0 Å². The molecule has 10 heteroatoms. The number of aromatic nitrogens is 2. The Kier molecular flexibility index (Phi) is 4.91. The second-order valence-electron chi connectivity index (χ2n) is 5.89. The molecular formula is C15H19N3O6S. The minimum atomic E-state index is -4.09. The van der Waals surface area contributed by atoms with Crippen LogP contribution in [0.2, 0.25) is 0 Å². The van der Waals surface area contributed by atoms with E-state index in [2.05, 4.69) is 14.9 Å². The molecule has 1 amide bonds. The van der Waals surface area contributed by atoms with E-state index < -0.39 is 22.3 Å². The molecule has 9 nitrogen and oxygen atoms in total. The van der Waals surface area contributed by atoms with Crippen LogP contribution in [0.25, 0.3) is 11.0 Å². The van der Waals surface area contributed by atoms with Crippen molar-refractivity contribution in [1.29, 1.82) is 0 Å². The van der Waals surface area contributed by atoms with Gasteiger partial charge in [0.1, 0.15) is 23.1 Å². The molecule has 1 atom stereocenters. The van der Waals surface area contributed by atoms with Gasteiger partial charge in [-0.2, -0.15) is 8.42 Å². The molecule has 1 unspecified atom stereocenters. The molecule has 1 aromatic heterocycles. The summed E-state index contributed by atoms with van der Waals surface area (Å²) in [5.41, 5.74) is 1.22. The zero-order valence-electron chi connectivity index (χ0n) is 14.0. The Bertz CT molecular complexity index is 879. The van der Waals surface area contributed by atoms with E-state index in [1.54, 1.807) is 17.9 Å². The number of unbranched alkanes of at least 4 members (excludes halogenated alkanes) is 1. The first kappa shape index (κ1) is 17.6. The molecular weight excluding hydrogens is 350 g/mol. The van der Waals surface area contributed by atoms with Gasteiger partial charge in [-0.25, -0.2) is 9.42 Å². The quantitative estimate of drug-likeness (QED) is 0.680. The fraction of sp³-hybridized carbons (Fsp3) is 0.533. The number of nitrogens with zero attached hydrogens (tertiary/aromatic N) is 3. The van der Waals surface area contributed by atoms with Crippen molar-refractivity contribution in [2.75, 3.05) is 19.7 Å². The number of hydrogen-bond donors (Lipinski definition) is 0. The highest BCUT2D eigenvalue weighted by Crippen LogP contribution is 2.25. The number of ether oxygens (including phenoxy) is 1. The first-order valence-electron chi connectivity index (χ1n) is 7.99. The molecule has 0 radical (unpaired) electrons. The van der Waals surface area contributed by atoms with Crippen molar-refractivity contribution in [3.63, 3.8) is 0 Å². The number of carbonyl (C=O) groups is 1. The topological polar surface area (TPSA) is 112 Å². The van der Waals surface area contributed by atoms with Crippen LogP contribution in [0.1, 0.15) is 25.3 Å². The fourth-order valence-electron chi connectivity index (χ4n) is 2.59. The van der Waals surface area contributed by atoms with Gasteiger partial charge >= 0.3 is 6.09 Å². The van der Waals surface area contributed by atoms with Crippen LogP contribution in [0.15, 0.2) is 21.7 Å². The Hall–Kier alpha value is -2.20.